The van der Waals surface area contributed by atoms with E-state index in [1.807, 2.05) is 31.2 Å². The number of carbonyl (C=O) groups excluding carboxylic acids is 2. The maximum atomic E-state index is 12.8. The highest BCUT2D eigenvalue weighted by molar-refractivity contribution is 9.10. The summed E-state index contributed by atoms with van der Waals surface area (Å²) in [6.07, 6.45) is 0. The lowest BCUT2D eigenvalue weighted by Crippen LogP contribution is -2.48. The van der Waals surface area contributed by atoms with Crippen molar-refractivity contribution in [2.45, 2.75) is 26.4 Å². The zero-order chi connectivity index (χ0) is 20.0. The molecule has 2 aromatic carbocycles. The average Bonchev–Trinajstić information content (AvgIpc) is 2.67. The van der Waals surface area contributed by atoms with Crippen molar-refractivity contribution in [3.63, 3.8) is 0 Å². The van der Waals surface area contributed by atoms with Crippen LogP contribution in [0.2, 0.25) is 5.02 Å². The van der Waals surface area contributed by atoms with Crippen LogP contribution in [0.25, 0.3) is 0 Å². The number of benzene rings is 2. The third kappa shape index (κ3) is 5.97. The molecule has 5 nitrogen and oxygen atoms in total. The van der Waals surface area contributed by atoms with Gasteiger partial charge in [-0.15, -0.1) is 0 Å². The highest BCUT2D eigenvalue weighted by Gasteiger charge is 2.25. The van der Waals surface area contributed by atoms with E-state index in [-0.39, 0.29) is 18.4 Å². The Morgan fingerprint density at radius 1 is 1.22 bits per heavy atom. The van der Waals surface area contributed by atoms with Crippen LogP contribution in [0.4, 0.5) is 0 Å². The van der Waals surface area contributed by atoms with Crippen molar-refractivity contribution in [1.82, 2.24) is 10.2 Å². The largest absolute Gasteiger partial charge is 0.484 e. The summed E-state index contributed by atoms with van der Waals surface area (Å²) in [5, 5.41) is 3.22. The Hall–Kier alpha value is -2.05. The van der Waals surface area contributed by atoms with Gasteiger partial charge in [0.05, 0.1) is 0 Å². The molecule has 144 valence electrons. The minimum absolute atomic E-state index is 0.168. The number of carbonyl (C=O) groups is 2. The summed E-state index contributed by atoms with van der Waals surface area (Å²) in [5.41, 5.74) is 1.79. The highest BCUT2D eigenvalue weighted by atomic mass is 79.9. The number of amides is 2. The van der Waals surface area contributed by atoms with Crippen molar-refractivity contribution in [3.05, 3.63) is 63.1 Å². The number of hydrogen-bond donors (Lipinski definition) is 1. The van der Waals surface area contributed by atoms with Gasteiger partial charge in [0.1, 0.15) is 11.8 Å². The second kappa shape index (κ2) is 9.76. The lowest BCUT2D eigenvalue weighted by Gasteiger charge is -2.28. The smallest absolute Gasteiger partial charge is 0.261 e. The van der Waals surface area contributed by atoms with E-state index < -0.39 is 6.04 Å². The highest BCUT2D eigenvalue weighted by Crippen LogP contribution is 2.21. The van der Waals surface area contributed by atoms with Crippen LogP contribution < -0.4 is 10.1 Å². The van der Waals surface area contributed by atoms with Crippen molar-refractivity contribution in [2.24, 2.45) is 0 Å². The molecular formula is C20H22BrClN2O3. The molecule has 2 aromatic rings. The molecule has 2 amide bonds. The summed E-state index contributed by atoms with van der Waals surface area (Å²) < 4.78 is 6.56. The third-order valence-electron chi connectivity index (χ3n) is 4.17. The molecule has 1 atom stereocenters. The predicted octanol–water partition coefficient (Wildman–Crippen LogP) is 3.95. The van der Waals surface area contributed by atoms with Crippen molar-refractivity contribution in [3.8, 4) is 5.75 Å². The van der Waals surface area contributed by atoms with Crippen LogP contribution in [0.15, 0.2) is 46.9 Å². The van der Waals surface area contributed by atoms with E-state index >= 15 is 0 Å². The fourth-order valence-electron chi connectivity index (χ4n) is 2.51. The number of halogens is 2. The Morgan fingerprint density at radius 2 is 1.89 bits per heavy atom. The molecule has 7 heteroatoms. The minimum Gasteiger partial charge on any atom is -0.484 e. The quantitative estimate of drug-likeness (QED) is 0.690. The molecule has 0 fully saturated rings. The van der Waals surface area contributed by atoms with Gasteiger partial charge < -0.3 is 15.0 Å². The van der Waals surface area contributed by atoms with Crippen molar-refractivity contribution >= 4 is 39.3 Å². The van der Waals surface area contributed by atoms with Crippen LogP contribution in [0, 0.1) is 6.92 Å². The molecule has 0 bridgehead atoms. The average molecular weight is 454 g/mol. The maximum absolute atomic E-state index is 12.8. The fraction of sp³-hybridized carbons (Fsp3) is 0.300. The summed E-state index contributed by atoms with van der Waals surface area (Å²) in [6.45, 7) is 3.70. The molecule has 0 saturated heterocycles. The number of nitrogens with zero attached hydrogens (tertiary/aromatic N) is 1. The number of hydrogen-bond acceptors (Lipinski definition) is 3. The van der Waals surface area contributed by atoms with Gasteiger partial charge in [-0.25, -0.2) is 0 Å². The predicted molar refractivity (Wildman–Crippen MR) is 110 cm³/mol. The van der Waals surface area contributed by atoms with Gasteiger partial charge in [-0.05, 0) is 55.3 Å². The Morgan fingerprint density at radius 3 is 2.48 bits per heavy atom. The molecular weight excluding hydrogens is 432 g/mol. The Labute approximate surface area is 172 Å². The second-order valence-corrected chi connectivity index (χ2v) is 7.46. The minimum atomic E-state index is -0.623. The zero-order valence-corrected chi connectivity index (χ0v) is 17.8. The lowest BCUT2D eigenvalue weighted by molar-refractivity contribution is -0.142. The van der Waals surface area contributed by atoms with Crippen molar-refractivity contribution in [2.75, 3.05) is 13.7 Å². The molecule has 2 rings (SSSR count). The Kier molecular flexibility index (Phi) is 7.68. The maximum Gasteiger partial charge on any atom is 0.261 e. The van der Waals surface area contributed by atoms with Crippen LogP contribution in [0.5, 0.6) is 5.75 Å². The van der Waals surface area contributed by atoms with Gasteiger partial charge in [-0.1, -0.05) is 39.7 Å². The number of ether oxygens (including phenoxy) is 1. The first kappa shape index (κ1) is 21.3. The molecule has 0 unspecified atom stereocenters. The van der Waals surface area contributed by atoms with E-state index in [1.54, 1.807) is 32.2 Å². The molecule has 0 spiro atoms. The molecule has 0 aromatic heterocycles. The molecule has 0 aliphatic rings. The second-order valence-electron chi connectivity index (χ2n) is 6.14. The summed E-state index contributed by atoms with van der Waals surface area (Å²) in [5.74, 6) is 0.0471. The molecule has 0 heterocycles. The summed E-state index contributed by atoms with van der Waals surface area (Å²) in [4.78, 5) is 26.4. The van der Waals surface area contributed by atoms with Crippen LogP contribution in [-0.2, 0) is 16.1 Å². The van der Waals surface area contributed by atoms with Gasteiger partial charge in [-0.3, -0.25) is 9.59 Å². The van der Waals surface area contributed by atoms with Crippen molar-refractivity contribution in [1.29, 1.82) is 0 Å². The summed E-state index contributed by atoms with van der Waals surface area (Å²) in [7, 11) is 1.55. The lowest BCUT2D eigenvalue weighted by atomic mass is 10.1. The normalized spacial score (nSPS) is 11.6. The van der Waals surface area contributed by atoms with Crippen molar-refractivity contribution < 1.29 is 14.3 Å². The van der Waals surface area contributed by atoms with Crippen LogP contribution >= 0.6 is 27.5 Å². The van der Waals surface area contributed by atoms with Gasteiger partial charge in [0.2, 0.25) is 5.91 Å². The van der Waals surface area contributed by atoms with Gasteiger partial charge >= 0.3 is 0 Å². The fourth-order valence-corrected chi connectivity index (χ4v) is 2.89. The standard InChI is InChI=1S/C20H22BrClN2O3/c1-13-10-17(8-9-18(13)22)27-12-19(25)24(14(2)20(26)23-3)11-15-4-6-16(21)7-5-15/h4-10,14H,11-12H2,1-3H3,(H,23,26)/t14-/m1/s1. The van der Waals surface area contributed by atoms with E-state index in [0.717, 1.165) is 15.6 Å². The number of rotatable bonds is 7. The van der Waals surface area contributed by atoms with Gasteiger partial charge in [0.15, 0.2) is 6.61 Å². The number of likely N-dealkylation sites (N-methyl/N-ethyl adjacent to an activating group) is 1. The van der Waals surface area contributed by atoms with Gasteiger partial charge in [0, 0.05) is 23.1 Å². The first-order chi connectivity index (χ1) is 12.8. The molecule has 0 aliphatic carbocycles. The Balaban J connectivity index is 2.12. The van der Waals surface area contributed by atoms with Gasteiger partial charge in [-0.2, -0.15) is 0 Å². The van der Waals surface area contributed by atoms with Crippen LogP contribution in [0.1, 0.15) is 18.1 Å². The molecule has 0 radical (unpaired) electrons. The first-order valence-electron chi connectivity index (χ1n) is 8.46. The number of nitrogens with one attached hydrogen (secondary N) is 1. The molecule has 0 aliphatic heterocycles. The summed E-state index contributed by atoms with van der Waals surface area (Å²) >= 11 is 9.40. The van der Waals surface area contributed by atoms with E-state index in [4.69, 9.17) is 16.3 Å². The van der Waals surface area contributed by atoms with Gasteiger partial charge in [0.25, 0.3) is 5.91 Å². The van der Waals surface area contributed by atoms with E-state index in [2.05, 4.69) is 21.2 Å². The number of aryl methyl sites for hydroxylation is 1. The topological polar surface area (TPSA) is 58.6 Å². The van der Waals surface area contributed by atoms with Crippen LogP contribution in [-0.4, -0.2) is 36.4 Å². The van der Waals surface area contributed by atoms with E-state index in [1.165, 1.54) is 4.90 Å². The zero-order valence-electron chi connectivity index (χ0n) is 15.5. The molecule has 27 heavy (non-hydrogen) atoms. The third-order valence-corrected chi connectivity index (χ3v) is 5.12. The SMILES string of the molecule is CNC(=O)[C@@H](C)N(Cc1ccc(Br)cc1)C(=O)COc1ccc(Cl)c(C)c1. The Bertz CT molecular complexity index is 811. The molecule has 0 saturated carbocycles. The van der Waals surface area contributed by atoms with Crippen LogP contribution in [0.3, 0.4) is 0 Å². The monoisotopic (exact) mass is 452 g/mol. The van der Waals surface area contributed by atoms with E-state index in [0.29, 0.717) is 17.3 Å². The molecule has 1 N–H and O–H groups in total. The summed E-state index contributed by atoms with van der Waals surface area (Å²) in [6, 6.07) is 12.2. The first-order valence-corrected chi connectivity index (χ1v) is 9.63. The van der Waals surface area contributed by atoms with E-state index in [9.17, 15) is 9.59 Å².